The molecule has 0 atom stereocenters. The molecule has 2 rings (SSSR count). The first-order chi connectivity index (χ1) is 8.25. The van der Waals surface area contributed by atoms with E-state index in [9.17, 15) is 0 Å². The molecule has 3 nitrogen and oxygen atoms in total. The van der Waals surface area contributed by atoms with E-state index in [0.717, 1.165) is 16.8 Å². The molecular weight excluding hydrogens is 212 g/mol. The molecule has 0 aliphatic heterocycles. The largest absolute Gasteiger partial charge is 0.508 e. The molecule has 2 aromatic rings. The zero-order valence-electron chi connectivity index (χ0n) is 9.59. The Kier molecular flexibility index (Phi) is 3.40. The molecule has 0 unspecified atom stereocenters. The highest BCUT2D eigenvalue weighted by atomic mass is 16.3. The van der Waals surface area contributed by atoms with Gasteiger partial charge in [0.25, 0.3) is 0 Å². The molecule has 3 heteroatoms. The standard InChI is InChI=1S/C14H14N2O/c1-11-4-2-3-5-14(11)16-15-10-12-6-8-13(17)9-7-12/h2-10,16-17H,1H3/b15-10+. The quantitative estimate of drug-likeness (QED) is 0.623. The van der Waals surface area contributed by atoms with Gasteiger partial charge in [-0.3, -0.25) is 5.43 Å². The fourth-order valence-corrected chi connectivity index (χ4v) is 1.44. The molecule has 0 amide bonds. The van der Waals surface area contributed by atoms with Gasteiger partial charge in [0.1, 0.15) is 5.75 Å². The maximum atomic E-state index is 9.14. The minimum Gasteiger partial charge on any atom is -0.508 e. The van der Waals surface area contributed by atoms with E-state index in [4.69, 9.17) is 5.11 Å². The van der Waals surface area contributed by atoms with Crippen LogP contribution in [0.1, 0.15) is 11.1 Å². The van der Waals surface area contributed by atoms with Crippen LogP contribution in [0.3, 0.4) is 0 Å². The van der Waals surface area contributed by atoms with E-state index < -0.39 is 0 Å². The van der Waals surface area contributed by atoms with Gasteiger partial charge in [0.2, 0.25) is 0 Å². The molecule has 2 aromatic carbocycles. The van der Waals surface area contributed by atoms with Crippen LogP contribution >= 0.6 is 0 Å². The van der Waals surface area contributed by atoms with Crippen molar-refractivity contribution in [2.24, 2.45) is 5.10 Å². The van der Waals surface area contributed by atoms with E-state index >= 15 is 0 Å². The molecule has 0 saturated carbocycles. The Hall–Kier alpha value is -2.29. The van der Waals surface area contributed by atoms with Crippen LogP contribution in [0.5, 0.6) is 5.75 Å². The normalized spacial score (nSPS) is 10.6. The average molecular weight is 226 g/mol. The Morgan fingerprint density at radius 2 is 1.76 bits per heavy atom. The molecule has 0 bridgehead atoms. The summed E-state index contributed by atoms with van der Waals surface area (Å²) in [6.07, 6.45) is 1.71. The van der Waals surface area contributed by atoms with Crippen molar-refractivity contribution in [1.29, 1.82) is 0 Å². The number of aryl methyl sites for hydroxylation is 1. The summed E-state index contributed by atoms with van der Waals surface area (Å²) in [5, 5.41) is 13.3. The number of nitrogens with zero attached hydrogens (tertiary/aromatic N) is 1. The van der Waals surface area contributed by atoms with Crippen LogP contribution < -0.4 is 5.43 Å². The third kappa shape index (κ3) is 3.08. The average Bonchev–Trinajstić information content (AvgIpc) is 2.34. The van der Waals surface area contributed by atoms with Crippen molar-refractivity contribution in [2.45, 2.75) is 6.92 Å². The number of aromatic hydroxyl groups is 1. The summed E-state index contributed by atoms with van der Waals surface area (Å²) < 4.78 is 0. The fourth-order valence-electron chi connectivity index (χ4n) is 1.44. The van der Waals surface area contributed by atoms with Crippen molar-refractivity contribution in [3.63, 3.8) is 0 Å². The van der Waals surface area contributed by atoms with Crippen molar-refractivity contribution in [3.05, 3.63) is 59.7 Å². The van der Waals surface area contributed by atoms with Crippen LogP contribution in [-0.4, -0.2) is 11.3 Å². The van der Waals surface area contributed by atoms with Gasteiger partial charge in [-0.05, 0) is 48.4 Å². The second kappa shape index (κ2) is 5.16. The highest BCUT2D eigenvalue weighted by molar-refractivity contribution is 5.80. The Morgan fingerprint density at radius 1 is 1.06 bits per heavy atom. The molecule has 0 aliphatic rings. The lowest BCUT2D eigenvalue weighted by Gasteiger charge is -2.03. The SMILES string of the molecule is Cc1ccccc1N/N=C/c1ccc(O)cc1. The van der Waals surface area contributed by atoms with E-state index in [-0.39, 0.29) is 5.75 Å². The number of hydrogen-bond acceptors (Lipinski definition) is 3. The van der Waals surface area contributed by atoms with Crippen LogP contribution in [-0.2, 0) is 0 Å². The maximum absolute atomic E-state index is 9.14. The number of nitrogens with one attached hydrogen (secondary N) is 1. The van der Waals surface area contributed by atoms with Crippen LogP contribution in [0.15, 0.2) is 53.6 Å². The lowest BCUT2D eigenvalue weighted by atomic mass is 10.2. The molecule has 0 aromatic heterocycles. The molecule has 0 spiro atoms. The summed E-state index contributed by atoms with van der Waals surface area (Å²) in [6, 6.07) is 14.8. The molecular formula is C14H14N2O. The van der Waals surface area contributed by atoms with E-state index in [2.05, 4.69) is 10.5 Å². The Labute approximate surface area is 100 Å². The van der Waals surface area contributed by atoms with Gasteiger partial charge in [-0.2, -0.15) is 5.10 Å². The molecule has 0 heterocycles. The first kappa shape index (κ1) is 11.2. The van der Waals surface area contributed by atoms with E-state index in [0.29, 0.717) is 0 Å². The number of para-hydroxylation sites is 1. The van der Waals surface area contributed by atoms with Crippen LogP contribution in [0, 0.1) is 6.92 Å². The van der Waals surface area contributed by atoms with Crippen molar-refractivity contribution in [3.8, 4) is 5.75 Å². The summed E-state index contributed by atoms with van der Waals surface area (Å²) >= 11 is 0. The van der Waals surface area contributed by atoms with Gasteiger partial charge in [0, 0.05) is 0 Å². The van der Waals surface area contributed by atoms with Crippen molar-refractivity contribution in [1.82, 2.24) is 0 Å². The second-order valence-electron chi connectivity index (χ2n) is 3.78. The third-order valence-electron chi connectivity index (χ3n) is 2.44. The molecule has 0 fully saturated rings. The minimum atomic E-state index is 0.258. The predicted molar refractivity (Wildman–Crippen MR) is 70.5 cm³/mol. The number of phenols is 1. The summed E-state index contributed by atoms with van der Waals surface area (Å²) in [7, 11) is 0. The molecule has 2 N–H and O–H groups in total. The predicted octanol–water partition coefficient (Wildman–Crippen LogP) is 3.15. The van der Waals surface area contributed by atoms with Gasteiger partial charge >= 0.3 is 0 Å². The lowest BCUT2D eigenvalue weighted by Crippen LogP contribution is -1.92. The van der Waals surface area contributed by atoms with E-state index in [1.54, 1.807) is 30.5 Å². The van der Waals surface area contributed by atoms with Gasteiger partial charge in [-0.1, -0.05) is 18.2 Å². The lowest BCUT2D eigenvalue weighted by molar-refractivity contribution is 0.475. The summed E-state index contributed by atoms with van der Waals surface area (Å²) in [5.41, 5.74) is 6.05. The van der Waals surface area contributed by atoms with Gasteiger partial charge in [0.05, 0.1) is 11.9 Å². The Balaban J connectivity index is 2.03. The summed E-state index contributed by atoms with van der Waals surface area (Å²) in [6.45, 7) is 2.03. The van der Waals surface area contributed by atoms with Crippen molar-refractivity contribution >= 4 is 11.9 Å². The maximum Gasteiger partial charge on any atom is 0.115 e. The number of phenolic OH excluding ortho intramolecular Hbond substituents is 1. The number of anilines is 1. The monoisotopic (exact) mass is 226 g/mol. The topological polar surface area (TPSA) is 44.6 Å². The van der Waals surface area contributed by atoms with Crippen LogP contribution in [0.4, 0.5) is 5.69 Å². The van der Waals surface area contributed by atoms with Gasteiger partial charge < -0.3 is 5.11 Å². The molecule has 17 heavy (non-hydrogen) atoms. The molecule has 0 saturated heterocycles. The number of hydrazone groups is 1. The third-order valence-corrected chi connectivity index (χ3v) is 2.44. The number of benzene rings is 2. The first-order valence-corrected chi connectivity index (χ1v) is 5.39. The highest BCUT2D eigenvalue weighted by Gasteiger charge is 1.93. The van der Waals surface area contributed by atoms with Gasteiger partial charge in [0.15, 0.2) is 0 Å². The fraction of sp³-hybridized carbons (Fsp3) is 0.0714. The van der Waals surface area contributed by atoms with Crippen LogP contribution in [0.25, 0.3) is 0 Å². The zero-order chi connectivity index (χ0) is 12.1. The van der Waals surface area contributed by atoms with E-state index in [1.165, 1.54) is 0 Å². The van der Waals surface area contributed by atoms with Gasteiger partial charge in [-0.15, -0.1) is 0 Å². The highest BCUT2D eigenvalue weighted by Crippen LogP contribution is 2.13. The van der Waals surface area contributed by atoms with Crippen molar-refractivity contribution in [2.75, 3.05) is 5.43 Å². The Morgan fingerprint density at radius 3 is 2.47 bits per heavy atom. The smallest absolute Gasteiger partial charge is 0.115 e. The summed E-state index contributed by atoms with van der Waals surface area (Å²) in [5.74, 6) is 0.258. The zero-order valence-corrected chi connectivity index (χ0v) is 9.59. The number of rotatable bonds is 3. The first-order valence-electron chi connectivity index (χ1n) is 5.39. The number of hydrogen-bond donors (Lipinski definition) is 2. The molecule has 86 valence electrons. The molecule has 0 aliphatic carbocycles. The minimum absolute atomic E-state index is 0.258. The van der Waals surface area contributed by atoms with Crippen molar-refractivity contribution < 1.29 is 5.11 Å². The Bertz CT molecular complexity index is 518. The molecule has 0 radical (unpaired) electrons. The summed E-state index contributed by atoms with van der Waals surface area (Å²) in [4.78, 5) is 0. The van der Waals surface area contributed by atoms with E-state index in [1.807, 2.05) is 31.2 Å². The second-order valence-corrected chi connectivity index (χ2v) is 3.78. The van der Waals surface area contributed by atoms with Gasteiger partial charge in [-0.25, -0.2) is 0 Å². The van der Waals surface area contributed by atoms with Crippen LogP contribution in [0.2, 0.25) is 0 Å².